The molecule has 0 atom stereocenters. The standard InChI is InChI=1S/C13H22N2O2S/c1-4-5-12-6-8-13(9-7-12)18(16,17)15(3)11-10-14-2/h6-9,14H,4-5,10-11H2,1-3H3. The molecule has 4 nitrogen and oxygen atoms in total. The molecule has 0 unspecified atom stereocenters. The fourth-order valence-corrected chi connectivity index (χ4v) is 2.86. The van der Waals surface area contributed by atoms with Gasteiger partial charge >= 0.3 is 0 Å². The van der Waals surface area contributed by atoms with Gasteiger partial charge in [0.15, 0.2) is 0 Å². The van der Waals surface area contributed by atoms with Gasteiger partial charge in [-0.25, -0.2) is 8.42 Å². The van der Waals surface area contributed by atoms with Crippen molar-refractivity contribution >= 4 is 10.0 Å². The average molecular weight is 270 g/mol. The van der Waals surface area contributed by atoms with Crippen LogP contribution in [-0.2, 0) is 16.4 Å². The van der Waals surface area contributed by atoms with Crippen LogP contribution in [0.25, 0.3) is 0 Å². The number of aryl methyl sites for hydroxylation is 1. The third kappa shape index (κ3) is 3.80. The number of likely N-dealkylation sites (N-methyl/N-ethyl adjacent to an activating group) is 2. The normalized spacial score (nSPS) is 12.0. The molecule has 0 amide bonds. The zero-order valence-electron chi connectivity index (χ0n) is 11.3. The number of benzene rings is 1. The van der Waals surface area contributed by atoms with Crippen LogP contribution in [0.3, 0.4) is 0 Å². The molecule has 1 rings (SSSR count). The highest BCUT2D eigenvalue weighted by molar-refractivity contribution is 7.89. The van der Waals surface area contributed by atoms with Gasteiger partial charge in [0.1, 0.15) is 0 Å². The van der Waals surface area contributed by atoms with E-state index in [1.165, 1.54) is 9.87 Å². The van der Waals surface area contributed by atoms with Crippen LogP contribution in [0.5, 0.6) is 0 Å². The van der Waals surface area contributed by atoms with Crippen molar-refractivity contribution < 1.29 is 8.42 Å². The Morgan fingerprint density at radius 3 is 2.33 bits per heavy atom. The molecule has 0 fully saturated rings. The van der Waals surface area contributed by atoms with Gasteiger partial charge in [0.25, 0.3) is 0 Å². The Morgan fingerprint density at radius 2 is 1.83 bits per heavy atom. The van der Waals surface area contributed by atoms with Crippen molar-refractivity contribution in [2.24, 2.45) is 0 Å². The predicted molar refractivity (Wildman–Crippen MR) is 74.2 cm³/mol. The van der Waals surface area contributed by atoms with Gasteiger partial charge in [-0.1, -0.05) is 25.5 Å². The maximum atomic E-state index is 12.2. The molecule has 0 aliphatic heterocycles. The first kappa shape index (κ1) is 15.1. The summed E-state index contributed by atoms with van der Waals surface area (Å²) in [6, 6.07) is 7.16. The Labute approximate surface area is 110 Å². The Hall–Kier alpha value is -0.910. The van der Waals surface area contributed by atoms with Gasteiger partial charge in [-0.05, 0) is 31.2 Å². The lowest BCUT2D eigenvalue weighted by atomic mass is 10.1. The van der Waals surface area contributed by atoms with Gasteiger partial charge in [-0.3, -0.25) is 0 Å². The lowest BCUT2D eigenvalue weighted by Gasteiger charge is -2.17. The van der Waals surface area contributed by atoms with E-state index in [1.54, 1.807) is 26.2 Å². The number of rotatable bonds is 7. The summed E-state index contributed by atoms with van der Waals surface area (Å²) in [4.78, 5) is 0.362. The molecule has 0 aliphatic carbocycles. The van der Waals surface area contributed by atoms with Crippen molar-refractivity contribution in [1.29, 1.82) is 0 Å². The Kier molecular flexibility index (Phi) is 5.78. The van der Waals surface area contributed by atoms with E-state index in [-0.39, 0.29) is 0 Å². The minimum Gasteiger partial charge on any atom is -0.318 e. The quantitative estimate of drug-likeness (QED) is 0.816. The van der Waals surface area contributed by atoms with Crippen molar-refractivity contribution in [2.45, 2.75) is 24.7 Å². The highest BCUT2D eigenvalue weighted by Gasteiger charge is 2.19. The SMILES string of the molecule is CCCc1ccc(S(=O)(=O)N(C)CCNC)cc1. The minimum atomic E-state index is -3.35. The lowest BCUT2D eigenvalue weighted by Crippen LogP contribution is -2.32. The van der Waals surface area contributed by atoms with Crippen LogP contribution in [0, 0.1) is 0 Å². The third-order valence-electron chi connectivity index (χ3n) is 2.85. The van der Waals surface area contributed by atoms with E-state index >= 15 is 0 Å². The summed E-state index contributed by atoms with van der Waals surface area (Å²) >= 11 is 0. The first-order valence-corrected chi connectivity index (χ1v) is 7.66. The predicted octanol–water partition coefficient (Wildman–Crippen LogP) is 1.48. The highest BCUT2D eigenvalue weighted by Crippen LogP contribution is 2.15. The second-order valence-electron chi connectivity index (χ2n) is 4.32. The summed E-state index contributed by atoms with van der Waals surface area (Å²) in [5.74, 6) is 0. The van der Waals surface area contributed by atoms with Gasteiger partial charge in [-0.15, -0.1) is 0 Å². The van der Waals surface area contributed by atoms with Crippen molar-refractivity contribution in [3.63, 3.8) is 0 Å². The van der Waals surface area contributed by atoms with E-state index in [0.29, 0.717) is 18.0 Å². The molecule has 0 radical (unpaired) electrons. The van der Waals surface area contributed by atoms with Crippen LogP contribution < -0.4 is 5.32 Å². The summed E-state index contributed by atoms with van der Waals surface area (Å²) in [5, 5.41) is 2.94. The molecular formula is C13H22N2O2S. The molecule has 0 heterocycles. The van der Waals surface area contributed by atoms with Crippen molar-refractivity contribution in [3.05, 3.63) is 29.8 Å². The summed E-state index contributed by atoms with van der Waals surface area (Å²) in [7, 11) is 0.0598. The van der Waals surface area contributed by atoms with Crippen molar-refractivity contribution in [2.75, 3.05) is 27.2 Å². The van der Waals surface area contributed by atoms with Crippen LogP contribution in [-0.4, -0.2) is 39.9 Å². The topological polar surface area (TPSA) is 49.4 Å². The average Bonchev–Trinajstić information content (AvgIpc) is 2.37. The molecule has 0 saturated carbocycles. The summed E-state index contributed by atoms with van der Waals surface area (Å²) in [6.45, 7) is 3.22. The first-order valence-electron chi connectivity index (χ1n) is 6.22. The van der Waals surface area contributed by atoms with Gasteiger partial charge in [0.05, 0.1) is 4.90 Å². The fourth-order valence-electron chi connectivity index (χ4n) is 1.69. The number of sulfonamides is 1. The molecule has 0 aliphatic rings. The van der Waals surface area contributed by atoms with Gasteiger partial charge in [-0.2, -0.15) is 4.31 Å². The second-order valence-corrected chi connectivity index (χ2v) is 6.37. The Bertz CT molecular complexity index is 454. The Morgan fingerprint density at radius 1 is 1.22 bits per heavy atom. The summed E-state index contributed by atoms with van der Waals surface area (Å²) < 4.78 is 25.8. The van der Waals surface area contributed by atoms with E-state index in [9.17, 15) is 8.42 Å². The third-order valence-corrected chi connectivity index (χ3v) is 4.72. The number of hydrogen-bond acceptors (Lipinski definition) is 3. The van der Waals surface area contributed by atoms with Crippen LogP contribution >= 0.6 is 0 Å². The monoisotopic (exact) mass is 270 g/mol. The zero-order chi connectivity index (χ0) is 13.6. The molecule has 0 bridgehead atoms. The van der Waals surface area contributed by atoms with E-state index in [1.807, 2.05) is 12.1 Å². The Balaban J connectivity index is 2.84. The second kappa shape index (κ2) is 6.87. The molecular weight excluding hydrogens is 248 g/mol. The summed E-state index contributed by atoms with van der Waals surface area (Å²) in [6.07, 6.45) is 2.05. The summed E-state index contributed by atoms with van der Waals surface area (Å²) in [5.41, 5.74) is 1.18. The minimum absolute atomic E-state index is 0.362. The number of nitrogens with zero attached hydrogens (tertiary/aromatic N) is 1. The van der Waals surface area contributed by atoms with Crippen LogP contribution in [0.1, 0.15) is 18.9 Å². The highest BCUT2D eigenvalue weighted by atomic mass is 32.2. The van der Waals surface area contributed by atoms with Gasteiger partial charge < -0.3 is 5.32 Å². The number of nitrogens with one attached hydrogen (secondary N) is 1. The zero-order valence-corrected chi connectivity index (χ0v) is 12.1. The van der Waals surface area contributed by atoms with E-state index in [2.05, 4.69) is 12.2 Å². The van der Waals surface area contributed by atoms with Crippen LogP contribution in [0.4, 0.5) is 0 Å². The molecule has 102 valence electrons. The maximum Gasteiger partial charge on any atom is 0.242 e. The molecule has 0 saturated heterocycles. The molecule has 1 aromatic carbocycles. The molecule has 1 N–H and O–H groups in total. The van der Waals surface area contributed by atoms with Crippen molar-refractivity contribution in [3.8, 4) is 0 Å². The molecule has 1 aromatic rings. The molecule has 0 aromatic heterocycles. The van der Waals surface area contributed by atoms with E-state index in [0.717, 1.165) is 12.8 Å². The van der Waals surface area contributed by atoms with Crippen molar-refractivity contribution in [1.82, 2.24) is 9.62 Å². The molecule has 18 heavy (non-hydrogen) atoms. The molecule has 5 heteroatoms. The number of hydrogen-bond donors (Lipinski definition) is 1. The first-order chi connectivity index (χ1) is 8.52. The van der Waals surface area contributed by atoms with Gasteiger partial charge in [0.2, 0.25) is 10.0 Å². The molecule has 0 spiro atoms. The largest absolute Gasteiger partial charge is 0.318 e. The smallest absolute Gasteiger partial charge is 0.242 e. The van der Waals surface area contributed by atoms with E-state index in [4.69, 9.17) is 0 Å². The van der Waals surface area contributed by atoms with E-state index < -0.39 is 10.0 Å². The lowest BCUT2D eigenvalue weighted by molar-refractivity contribution is 0.466. The fraction of sp³-hybridized carbons (Fsp3) is 0.538. The van der Waals surface area contributed by atoms with Crippen LogP contribution in [0.15, 0.2) is 29.2 Å². The maximum absolute atomic E-state index is 12.2. The van der Waals surface area contributed by atoms with Gasteiger partial charge in [0, 0.05) is 20.1 Å². The van der Waals surface area contributed by atoms with Crippen LogP contribution in [0.2, 0.25) is 0 Å².